The third kappa shape index (κ3) is 9.85. The van der Waals surface area contributed by atoms with E-state index in [2.05, 4.69) is 20.0 Å². The van der Waals surface area contributed by atoms with Gasteiger partial charge in [-0.3, -0.25) is 14.4 Å². The average Bonchev–Trinajstić information content (AvgIpc) is 2.62. The molecule has 1 rings (SSSR count). The summed E-state index contributed by atoms with van der Waals surface area (Å²) >= 11 is 0. The Hall–Kier alpha value is -2.70. The molecule has 0 aromatic heterocycles. The fraction of sp³-hybridized carbons (Fsp3) is 0.438. The van der Waals surface area contributed by atoms with Crippen molar-refractivity contribution in [1.29, 1.82) is 0 Å². The van der Waals surface area contributed by atoms with Crippen LogP contribution in [-0.4, -0.2) is 48.3 Å². The number of nitrogens with zero attached hydrogens (tertiary/aromatic N) is 1. The Morgan fingerprint density at radius 3 is 2.36 bits per heavy atom. The first-order valence-corrected chi connectivity index (χ1v) is 8.08. The molecule has 0 aliphatic heterocycles. The van der Waals surface area contributed by atoms with Gasteiger partial charge in [-0.15, -0.1) is 28.1 Å². The standard InChI is InChI=1S/C16H20F3N3O6/c1-3-22(28-27-16(17,18)19)10-14(24)20-13(15(25)21-26-11(2)23)9-12-7-5-4-6-8-12/h4-8,13H,3,9-10H2,1-2H3,(H,20,24)(H,21,25). The minimum Gasteiger partial charge on any atom is -0.343 e. The maximum atomic E-state index is 12.2. The molecular formula is C16H20F3N3O6. The fourth-order valence-electron chi connectivity index (χ4n) is 1.94. The van der Waals surface area contributed by atoms with Crippen LogP contribution in [0.3, 0.4) is 0 Å². The second kappa shape index (κ2) is 11.2. The van der Waals surface area contributed by atoms with Gasteiger partial charge in [0.15, 0.2) is 0 Å². The molecule has 0 saturated carbocycles. The zero-order valence-electron chi connectivity index (χ0n) is 15.1. The molecule has 1 unspecified atom stereocenters. The van der Waals surface area contributed by atoms with Gasteiger partial charge < -0.3 is 10.2 Å². The van der Waals surface area contributed by atoms with Crippen LogP contribution in [0.25, 0.3) is 0 Å². The van der Waals surface area contributed by atoms with Crippen LogP contribution in [0.5, 0.6) is 0 Å². The molecule has 1 aromatic carbocycles. The first-order valence-electron chi connectivity index (χ1n) is 8.08. The molecule has 0 radical (unpaired) electrons. The number of likely N-dealkylation sites (N-methyl/N-ethyl adjacent to an activating group) is 1. The lowest BCUT2D eigenvalue weighted by atomic mass is 10.1. The van der Waals surface area contributed by atoms with E-state index >= 15 is 0 Å². The van der Waals surface area contributed by atoms with Gasteiger partial charge in [0.05, 0.1) is 0 Å². The molecule has 9 nitrogen and oxygen atoms in total. The number of hydrogen-bond acceptors (Lipinski definition) is 7. The van der Waals surface area contributed by atoms with E-state index in [4.69, 9.17) is 0 Å². The lowest BCUT2D eigenvalue weighted by Gasteiger charge is -2.21. The normalized spacial score (nSPS) is 12.4. The number of alkyl halides is 3. The highest BCUT2D eigenvalue weighted by Crippen LogP contribution is 2.17. The summed E-state index contributed by atoms with van der Waals surface area (Å²) in [5.74, 6) is -2.40. The Morgan fingerprint density at radius 2 is 1.82 bits per heavy atom. The van der Waals surface area contributed by atoms with Crippen LogP contribution in [-0.2, 0) is 35.5 Å². The smallest absolute Gasteiger partial charge is 0.343 e. The maximum Gasteiger partial charge on any atom is 0.550 e. The van der Waals surface area contributed by atoms with Crippen LogP contribution in [0.2, 0.25) is 0 Å². The predicted molar refractivity (Wildman–Crippen MR) is 87.5 cm³/mol. The van der Waals surface area contributed by atoms with Crippen molar-refractivity contribution in [2.24, 2.45) is 0 Å². The summed E-state index contributed by atoms with van der Waals surface area (Å²) in [5.41, 5.74) is 2.59. The minimum absolute atomic E-state index is 0.0473. The van der Waals surface area contributed by atoms with Gasteiger partial charge in [0.25, 0.3) is 5.91 Å². The quantitative estimate of drug-likeness (QED) is 0.465. The van der Waals surface area contributed by atoms with Crippen molar-refractivity contribution in [3.8, 4) is 0 Å². The van der Waals surface area contributed by atoms with Gasteiger partial charge in [0.1, 0.15) is 12.6 Å². The molecule has 28 heavy (non-hydrogen) atoms. The Labute approximate surface area is 158 Å². The lowest BCUT2D eigenvalue weighted by Crippen LogP contribution is -2.50. The lowest BCUT2D eigenvalue weighted by molar-refractivity contribution is -0.546. The molecule has 0 saturated heterocycles. The summed E-state index contributed by atoms with van der Waals surface area (Å²) in [7, 11) is 0. The monoisotopic (exact) mass is 407 g/mol. The number of hydroxylamine groups is 3. The number of carbonyl (C=O) groups excluding carboxylic acids is 3. The number of hydrogen-bond donors (Lipinski definition) is 2. The summed E-state index contributed by atoms with van der Waals surface area (Å²) in [6.45, 7) is 1.76. The number of carbonyl (C=O) groups is 3. The Morgan fingerprint density at radius 1 is 1.18 bits per heavy atom. The van der Waals surface area contributed by atoms with Crippen molar-refractivity contribution in [2.45, 2.75) is 32.7 Å². The zero-order chi connectivity index (χ0) is 21.2. The van der Waals surface area contributed by atoms with Crippen LogP contribution in [0.1, 0.15) is 19.4 Å². The van der Waals surface area contributed by atoms with Crippen LogP contribution in [0, 0.1) is 0 Å². The predicted octanol–water partition coefficient (Wildman–Crippen LogP) is 1.01. The number of benzene rings is 1. The zero-order valence-corrected chi connectivity index (χ0v) is 15.1. The van der Waals surface area contributed by atoms with Crippen LogP contribution in [0.15, 0.2) is 30.3 Å². The van der Waals surface area contributed by atoms with Crippen molar-refractivity contribution in [3.05, 3.63) is 35.9 Å². The molecule has 0 aliphatic carbocycles. The van der Waals surface area contributed by atoms with Gasteiger partial charge >= 0.3 is 12.3 Å². The molecule has 1 atom stereocenters. The first kappa shape index (κ1) is 23.3. The van der Waals surface area contributed by atoms with Crippen molar-refractivity contribution in [2.75, 3.05) is 13.1 Å². The first-order chi connectivity index (χ1) is 13.1. The summed E-state index contributed by atoms with van der Waals surface area (Å²) in [6.07, 6.45) is -4.99. The van der Waals surface area contributed by atoms with E-state index in [0.29, 0.717) is 10.6 Å². The largest absolute Gasteiger partial charge is 0.550 e. The van der Waals surface area contributed by atoms with Gasteiger partial charge in [-0.25, -0.2) is 0 Å². The van der Waals surface area contributed by atoms with Gasteiger partial charge in [0.2, 0.25) is 5.91 Å². The van der Waals surface area contributed by atoms with E-state index in [1.165, 1.54) is 6.92 Å². The summed E-state index contributed by atoms with van der Waals surface area (Å²) in [6, 6.07) is 7.45. The van der Waals surface area contributed by atoms with E-state index in [-0.39, 0.29) is 13.0 Å². The molecule has 1 aromatic rings. The summed E-state index contributed by atoms with van der Waals surface area (Å²) < 4.78 is 36.1. The second-order valence-electron chi connectivity index (χ2n) is 5.43. The van der Waals surface area contributed by atoms with Crippen molar-refractivity contribution < 1.29 is 42.3 Å². The molecule has 0 spiro atoms. The van der Waals surface area contributed by atoms with E-state index < -0.39 is 36.7 Å². The van der Waals surface area contributed by atoms with Crippen LogP contribution >= 0.6 is 0 Å². The number of halogens is 3. The molecular weight excluding hydrogens is 387 g/mol. The van der Waals surface area contributed by atoms with E-state index in [1.54, 1.807) is 30.3 Å². The summed E-state index contributed by atoms with van der Waals surface area (Å²) in [5, 5.41) is 2.95. The van der Waals surface area contributed by atoms with Crippen molar-refractivity contribution in [1.82, 2.24) is 15.9 Å². The Kier molecular flexibility index (Phi) is 9.35. The Bertz CT molecular complexity index is 657. The molecule has 2 amide bonds. The minimum atomic E-state index is -5.04. The van der Waals surface area contributed by atoms with Gasteiger partial charge in [-0.05, 0) is 12.5 Å². The topological polar surface area (TPSA) is 106 Å². The average molecular weight is 407 g/mol. The van der Waals surface area contributed by atoms with E-state index in [0.717, 1.165) is 6.92 Å². The molecule has 2 N–H and O–H groups in total. The number of rotatable bonds is 9. The van der Waals surface area contributed by atoms with Gasteiger partial charge in [0, 0.05) is 19.9 Å². The molecule has 0 heterocycles. The number of amides is 2. The van der Waals surface area contributed by atoms with Gasteiger partial charge in [-0.1, -0.05) is 30.3 Å². The Balaban J connectivity index is 2.73. The summed E-state index contributed by atoms with van der Waals surface area (Å²) in [4.78, 5) is 46.8. The highest BCUT2D eigenvalue weighted by atomic mass is 19.4. The third-order valence-corrected chi connectivity index (χ3v) is 3.14. The van der Waals surface area contributed by atoms with Crippen LogP contribution in [0.4, 0.5) is 13.2 Å². The fourth-order valence-corrected chi connectivity index (χ4v) is 1.94. The maximum absolute atomic E-state index is 12.2. The number of nitrogens with one attached hydrogen (secondary N) is 2. The second-order valence-corrected chi connectivity index (χ2v) is 5.43. The van der Waals surface area contributed by atoms with E-state index in [1.807, 2.05) is 5.48 Å². The molecule has 0 fully saturated rings. The molecule has 0 aliphatic rings. The van der Waals surface area contributed by atoms with Gasteiger partial charge in [-0.2, -0.15) is 5.48 Å². The third-order valence-electron chi connectivity index (χ3n) is 3.14. The SMILES string of the molecule is CCN(CC(=O)NC(Cc1ccccc1)C(=O)NOC(C)=O)OOC(F)(F)F. The van der Waals surface area contributed by atoms with Crippen molar-refractivity contribution in [3.63, 3.8) is 0 Å². The molecule has 156 valence electrons. The molecule has 0 bridgehead atoms. The highest BCUT2D eigenvalue weighted by molar-refractivity contribution is 5.88. The van der Waals surface area contributed by atoms with Crippen LogP contribution < -0.4 is 10.8 Å². The highest BCUT2D eigenvalue weighted by Gasteiger charge is 2.33. The molecule has 12 heteroatoms. The van der Waals surface area contributed by atoms with E-state index in [9.17, 15) is 27.6 Å². The van der Waals surface area contributed by atoms with Crippen molar-refractivity contribution >= 4 is 17.8 Å².